The minimum atomic E-state index is -0.589. The molecule has 0 amide bonds. The van der Waals surface area contributed by atoms with Crippen molar-refractivity contribution < 1.29 is 5.11 Å². The fraction of sp³-hybridized carbons (Fsp3) is 0.600. The van der Waals surface area contributed by atoms with Crippen LogP contribution in [0.5, 0.6) is 0 Å². The predicted octanol–water partition coefficient (Wildman–Crippen LogP) is 4.66. The van der Waals surface area contributed by atoms with Crippen LogP contribution in [0.2, 0.25) is 0 Å². The molecule has 1 aliphatic carbocycles. The maximum Gasteiger partial charge on any atom is 0.0944 e. The molecule has 0 aliphatic heterocycles. The zero-order chi connectivity index (χ0) is 13.3. The molecule has 0 radical (unpaired) electrons. The van der Waals surface area contributed by atoms with Gasteiger partial charge in [0, 0.05) is 10.9 Å². The van der Waals surface area contributed by atoms with E-state index in [9.17, 15) is 5.11 Å². The van der Waals surface area contributed by atoms with Crippen molar-refractivity contribution >= 4 is 15.9 Å². The molecule has 1 aliphatic rings. The molecule has 1 aromatic rings. The number of halogens is 1. The van der Waals surface area contributed by atoms with Crippen LogP contribution in [0.3, 0.4) is 0 Å². The van der Waals surface area contributed by atoms with Gasteiger partial charge in [0.05, 0.1) is 5.60 Å². The van der Waals surface area contributed by atoms with E-state index in [0.29, 0.717) is 0 Å². The quantitative estimate of drug-likeness (QED) is 0.800. The third-order valence-electron chi connectivity index (χ3n) is 2.87. The van der Waals surface area contributed by atoms with Crippen molar-refractivity contribution in [1.29, 1.82) is 0 Å². The second-order valence-electron chi connectivity index (χ2n) is 5.75. The number of benzene rings is 1. The molecule has 1 atom stereocenters. The number of aliphatic hydroxyl groups is 1. The van der Waals surface area contributed by atoms with Crippen molar-refractivity contribution in [3.8, 4) is 0 Å². The third-order valence-corrected chi connectivity index (χ3v) is 3.37. The first-order valence-corrected chi connectivity index (χ1v) is 7.11. The molecular formula is C15H23BrO. The largest absolute Gasteiger partial charge is 0.385 e. The standard InChI is InChI=1S/C13H17BrO.C2H6/c1-12(2,3)8-13(15)7-9-6-10(14)4-5-11(9)13;1-2/h4-6,15H,7-8H2,1-3H3;1-2H3. The molecular weight excluding hydrogens is 276 g/mol. The Hall–Kier alpha value is -0.340. The number of hydrogen-bond acceptors (Lipinski definition) is 1. The van der Waals surface area contributed by atoms with E-state index in [1.54, 1.807) is 0 Å². The van der Waals surface area contributed by atoms with E-state index in [1.165, 1.54) is 5.56 Å². The maximum atomic E-state index is 10.5. The molecule has 0 saturated carbocycles. The average Bonchev–Trinajstić information content (AvgIpc) is 2.16. The summed E-state index contributed by atoms with van der Waals surface area (Å²) in [6.07, 6.45) is 1.62. The highest BCUT2D eigenvalue weighted by Crippen LogP contribution is 2.46. The van der Waals surface area contributed by atoms with Gasteiger partial charge in [-0.15, -0.1) is 0 Å². The van der Waals surface area contributed by atoms with Crippen molar-refractivity contribution in [3.05, 3.63) is 33.8 Å². The minimum absolute atomic E-state index is 0.166. The highest BCUT2D eigenvalue weighted by Gasteiger charge is 2.43. The molecule has 2 heteroatoms. The number of rotatable bonds is 1. The summed E-state index contributed by atoms with van der Waals surface area (Å²) in [5.41, 5.74) is 1.96. The summed E-state index contributed by atoms with van der Waals surface area (Å²) in [5.74, 6) is 0. The van der Waals surface area contributed by atoms with Crippen molar-refractivity contribution in [2.24, 2.45) is 5.41 Å². The van der Waals surface area contributed by atoms with E-state index in [2.05, 4.69) is 42.8 Å². The molecule has 0 saturated heterocycles. The summed E-state index contributed by atoms with van der Waals surface area (Å²) in [6, 6.07) is 6.15. The van der Waals surface area contributed by atoms with Crippen LogP contribution in [0.15, 0.2) is 22.7 Å². The van der Waals surface area contributed by atoms with Crippen molar-refractivity contribution in [1.82, 2.24) is 0 Å². The van der Waals surface area contributed by atoms with Gasteiger partial charge in [0.15, 0.2) is 0 Å². The van der Waals surface area contributed by atoms with Gasteiger partial charge in [-0.3, -0.25) is 0 Å². The fourth-order valence-electron chi connectivity index (χ4n) is 2.50. The van der Waals surface area contributed by atoms with E-state index in [4.69, 9.17) is 0 Å². The lowest BCUT2D eigenvalue weighted by Gasteiger charge is -2.43. The lowest BCUT2D eigenvalue weighted by molar-refractivity contribution is -0.0243. The normalized spacial score (nSPS) is 22.1. The molecule has 0 spiro atoms. The maximum absolute atomic E-state index is 10.5. The van der Waals surface area contributed by atoms with Gasteiger partial charge in [-0.05, 0) is 35.1 Å². The Balaban J connectivity index is 0.000000686. The average molecular weight is 299 g/mol. The SMILES string of the molecule is CC.CC(C)(C)CC1(O)Cc2cc(Br)ccc21. The van der Waals surface area contributed by atoms with E-state index >= 15 is 0 Å². The van der Waals surface area contributed by atoms with Crippen molar-refractivity contribution in [2.45, 2.75) is 53.1 Å². The second-order valence-corrected chi connectivity index (χ2v) is 6.66. The van der Waals surface area contributed by atoms with Gasteiger partial charge in [-0.2, -0.15) is 0 Å². The molecule has 0 aromatic heterocycles. The fourth-order valence-corrected chi connectivity index (χ4v) is 2.91. The molecule has 0 fully saturated rings. The molecule has 0 bridgehead atoms. The molecule has 1 unspecified atom stereocenters. The number of hydrogen-bond donors (Lipinski definition) is 1. The molecule has 0 heterocycles. The summed E-state index contributed by atoms with van der Waals surface area (Å²) in [5, 5.41) is 10.5. The Morgan fingerprint density at radius 3 is 2.35 bits per heavy atom. The molecule has 17 heavy (non-hydrogen) atoms. The zero-order valence-electron chi connectivity index (χ0n) is 11.5. The molecule has 96 valence electrons. The Morgan fingerprint density at radius 2 is 1.88 bits per heavy atom. The first kappa shape index (κ1) is 14.7. The van der Waals surface area contributed by atoms with Gasteiger partial charge in [0.1, 0.15) is 0 Å². The molecule has 2 rings (SSSR count). The first-order chi connectivity index (χ1) is 7.80. The Labute approximate surface area is 113 Å². The van der Waals surface area contributed by atoms with Gasteiger partial charge in [0.2, 0.25) is 0 Å². The zero-order valence-corrected chi connectivity index (χ0v) is 13.1. The van der Waals surface area contributed by atoms with Crippen molar-refractivity contribution in [3.63, 3.8) is 0 Å². The van der Waals surface area contributed by atoms with Crippen LogP contribution in [0.4, 0.5) is 0 Å². The van der Waals surface area contributed by atoms with Gasteiger partial charge in [-0.25, -0.2) is 0 Å². The van der Waals surface area contributed by atoms with Crippen LogP contribution in [-0.2, 0) is 12.0 Å². The molecule has 1 nitrogen and oxygen atoms in total. The van der Waals surface area contributed by atoms with Gasteiger partial charge in [-0.1, -0.05) is 56.6 Å². The molecule has 1 N–H and O–H groups in total. The lowest BCUT2D eigenvalue weighted by atomic mass is 9.66. The third kappa shape index (κ3) is 3.32. The summed E-state index contributed by atoms with van der Waals surface area (Å²) in [6.45, 7) is 10.5. The Kier molecular flexibility index (Phi) is 4.43. The Morgan fingerprint density at radius 1 is 1.29 bits per heavy atom. The summed E-state index contributed by atoms with van der Waals surface area (Å²) in [4.78, 5) is 0. The van der Waals surface area contributed by atoms with Crippen LogP contribution in [-0.4, -0.2) is 5.11 Å². The van der Waals surface area contributed by atoms with Gasteiger partial charge < -0.3 is 5.11 Å². The first-order valence-electron chi connectivity index (χ1n) is 6.31. The molecule has 1 aromatic carbocycles. The van der Waals surface area contributed by atoms with Crippen molar-refractivity contribution in [2.75, 3.05) is 0 Å². The van der Waals surface area contributed by atoms with E-state index in [1.807, 2.05) is 26.0 Å². The van der Waals surface area contributed by atoms with Crippen LogP contribution in [0, 0.1) is 5.41 Å². The Bertz CT molecular complexity index is 392. The smallest absolute Gasteiger partial charge is 0.0944 e. The predicted molar refractivity (Wildman–Crippen MR) is 77.2 cm³/mol. The van der Waals surface area contributed by atoms with Gasteiger partial charge in [0.25, 0.3) is 0 Å². The monoisotopic (exact) mass is 298 g/mol. The van der Waals surface area contributed by atoms with Crippen LogP contribution < -0.4 is 0 Å². The summed E-state index contributed by atoms with van der Waals surface area (Å²) < 4.78 is 1.10. The number of fused-ring (bicyclic) bond motifs is 1. The van der Waals surface area contributed by atoms with Crippen LogP contribution >= 0.6 is 15.9 Å². The van der Waals surface area contributed by atoms with Crippen LogP contribution in [0.25, 0.3) is 0 Å². The van der Waals surface area contributed by atoms with E-state index in [-0.39, 0.29) is 5.41 Å². The van der Waals surface area contributed by atoms with Gasteiger partial charge >= 0.3 is 0 Å². The van der Waals surface area contributed by atoms with E-state index < -0.39 is 5.60 Å². The highest BCUT2D eigenvalue weighted by atomic mass is 79.9. The minimum Gasteiger partial charge on any atom is -0.385 e. The van der Waals surface area contributed by atoms with Crippen LogP contribution in [0.1, 0.15) is 52.2 Å². The highest BCUT2D eigenvalue weighted by molar-refractivity contribution is 9.10. The topological polar surface area (TPSA) is 20.2 Å². The second kappa shape index (κ2) is 5.11. The summed E-state index contributed by atoms with van der Waals surface area (Å²) in [7, 11) is 0. The lowest BCUT2D eigenvalue weighted by Crippen LogP contribution is -2.41. The summed E-state index contributed by atoms with van der Waals surface area (Å²) >= 11 is 3.45. The van der Waals surface area contributed by atoms with E-state index in [0.717, 1.165) is 22.9 Å².